The van der Waals surface area contributed by atoms with E-state index in [2.05, 4.69) is 0 Å². The Morgan fingerprint density at radius 1 is 0.731 bits per heavy atom. The molecule has 2 unspecified atom stereocenters. The molecule has 0 spiro atoms. The van der Waals surface area contributed by atoms with Gasteiger partial charge in [0.25, 0.3) is 0 Å². The maximum absolute atomic E-state index is 14.2. The highest BCUT2D eigenvalue weighted by Crippen LogP contribution is 2.60. The molecule has 0 amide bonds. The molecule has 4 rings (SSSR count). The van der Waals surface area contributed by atoms with Crippen molar-refractivity contribution in [3.63, 3.8) is 0 Å². The third kappa shape index (κ3) is 2.43. The van der Waals surface area contributed by atoms with Crippen molar-refractivity contribution < 1.29 is 30.7 Å². The van der Waals surface area contributed by atoms with Gasteiger partial charge in [0.2, 0.25) is 0 Å². The normalized spacial score (nSPS) is 24.2. The first kappa shape index (κ1) is 17.4. The second-order valence-corrected chi connectivity index (χ2v) is 6.94. The average Bonchev–Trinajstić information content (AvgIpc) is 3.12. The number of rotatable bonds is 2. The fourth-order valence-electron chi connectivity index (χ4n) is 4.56. The van der Waals surface area contributed by atoms with E-state index in [1.54, 1.807) is 0 Å². The first-order valence-electron chi connectivity index (χ1n) is 8.22. The van der Waals surface area contributed by atoms with Crippen molar-refractivity contribution in [3.8, 4) is 0 Å². The Morgan fingerprint density at radius 3 is 1.62 bits per heavy atom. The summed E-state index contributed by atoms with van der Waals surface area (Å²) in [6.07, 6.45) is -3.11. The summed E-state index contributed by atoms with van der Waals surface area (Å²) in [5.41, 5.74) is -0.390. The van der Waals surface area contributed by atoms with Crippen LogP contribution in [0.2, 0.25) is 0 Å². The average molecular weight is 374 g/mol. The van der Waals surface area contributed by atoms with Crippen LogP contribution in [0.25, 0.3) is 0 Å². The molecule has 138 valence electrons. The van der Waals surface area contributed by atoms with E-state index in [0.717, 1.165) is 12.1 Å². The topological polar surface area (TPSA) is 0 Å². The highest BCUT2D eigenvalue weighted by molar-refractivity contribution is 5.46. The smallest absolute Gasteiger partial charge is 0.203 e. The standard InChI is InChI=1S/C19H13F7/c20-15-13-10-5-6-11(14(13)16(21)18(23)17(15)22)12(10)7-8-1-3-9(4-2-8)19(24,25)26/h1-4,10-12H,5-7H2. The van der Waals surface area contributed by atoms with Gasteiger partial charge in [0, 0.05) is 11.1 Å². The van der Waals surface area contributed by atoms with Gasteiger partial charge in [-0.25, -0.2) is 17.6 Å². The van der Waals surface area contributed by atoms with Gasteiger partial charge in [-0.05, 0) is 54.7 Å². The maximum atomic E-state index is 14.2. The summed E-state index contributed by atoms with van der Waals surface area (Å²) in [4.78, 5) is 0. The molecule has 1 fully saturated rings. The third-order valence-electron chi connectivity index (χ3n) is 5.66. The Bertz CT molecular complexity index is 824. The van der Waals surface area contributed by atoms with E-state index >= 15 is 0 Å². The van der Waals surface area contributed by atoms with Crippen LogP contribution in [-0.4, -0.2) is 0 Å². The van der Waals surface area contributed by atoms with Gasteiger partial charge < -0.3 is 0 Å². The fourth-order valence-corrected chi connectivity index (χ4v) is 4.56. The van der Waals surface area contributed by atoms with E-state index in [0.29, 0.717) is 24.8 Å². The Kier molecular flexibility index (Phi) is 3.82. The molecular weight excluding hydrogens is 361 g/mol. The van der Waals surface area contributed by atoms with Crippen molar-refractivity contribution >= 4 is 0 Å². The number of benzene rings is 2. The molecule has 7 heteroatoms. The van der Waals surface area contributed by atoms with E-state index in [-0.39, 0.29) is 17.0 Å². The number of hydrogen-bond donors (Lipinski definition) is 0. The lowest BCUT2D eigenvalue weighted by Gasteiger charge is -2.17. The zero-order valence-electron chi connectivity index (χ0n) is 13.3. The SMILES string of the molecule is Fc1c(F)c(F)c2c(c1F)C1CCC2C1Cc1ccc(C(F)(F)F)cc1. The molecule has 0 nitrogen and oxygen atoms in total. The van der Waals surface area contributed by atoms with E-state index in [1.807, 2.05) is 0 Å². The molecule has 26 heavy (non-hydrogen) atoms. The molecular formula is C19H13F7. The molecule has 0 aromatic heterocycles. The minimum absolute atomic E-state index is 0.102. The van der Waals surface area contributed by atoms with Gasteiger partial charge in [0.15, 0.2) is 23.3 Å². The molecule has 0 radical (unpaired) electrons. The van der Waals surface area contributed by atoms with Crippen LogP contribution in [0.15, 0.2) is 24.3 Å². The molecule has 0 saturated heterocycles. The van der Waals surface area contributed by atoms with Crippen LogP contribution in [-0.2, 0) is 12.6 Å². The van der Waals surface area contributed by atoms with Crippen LogP contribution in [0, 0.1) is 29.2 Å². The Hall–Kier alpha value is -2.05. The van der Waals surface area contributed by atoms with Crippen LogP contribution >= 0.6 is 0 Å². The molecule has 2 aliphatic carbocycles. The van der Waals surface area contributed by atoms with Gasteiger partial charge in [0.05, 0.1) is 5.56 Å². The van der Waals surface area contributed by atoms with E-state index in [1.165, 1.54) is 12.1 Å². The van der Waals surface area contributed by atoms with Crippen molar-refractivity contribution in [3.05, 3.63) is 69.8 Å². The summed E-state index contributed by atoms with van der Waals surface area (Å²) >= 11 is 0. The predicted octanol–water partition coefficient (Wildman–Crippen LogP) is 6.10. The van der Waals surface area contributed by atoms with E-state index < -0.39 is 46.8 Å². The highest BCUT2D eigenvalue weighted by Gasteiger charge is 2.50. The highest BCUT2D eigenvalue weighted by atomic mass is 19.4. The summed E-state index contributed by atoms with van der Waals surface area (Å²) in [6.45, 7) is 0. The predicted molar refractivity (Wildman–Crippen MR) is 79.6 cm³/mol. The molecule has 2 atom stereocenters. The first-order valence-corrected chi connectivity index (χ1v) is 8.22. The van der Waals surface area contributed by atoms with Crippen LogP contribution in [0.4, 0.5) is 30.7 Å². The van der Waals surface area contributed by atoms with E-state index in [9.17, 15) is 30.7 Å². The van der Waals surface area contributed by atoms with Gasteiger partial charge >= 0.3 is 6.18 Å². The van der Waals surface area contributed by atoms with Gasteiger partial charge in [-0.2, -0.15) is 13.2 Å². The summed E-state index contributed by atoms with van der Waals surface area (Å²) < 4.78 is 93.5. The zero-order chi connectivity index (χ0) is 18.8. The number of fused-ring (bicyclic) bond motifs is 5. The molecule has 2 aromatic rings. The maximum Gasteiger partial charge on any atom is 0.416 e. The largest absolute Gasteiger partial charge is 0.416 e. The lowest BCUT2D eigenvalue weighted by Crippen LogP contribution is -2.09. The van der Waals surface area contributed by atoms with Crippen LogP contribution in [0.1, 0.15) is 46.9 Å². The van der Waals surface area contributed by atoms with Gasteiger partial charge in [0.1, 0.15) is 0 Å². The van der Waals surface area contributed by atoms with E-state index in [4.69, 9.17) is 0 Å². The monoisotopic (exact) mass is 374 g/mol. The molecule has 2 bridgehead atoms. The van der Waals surface area contributed by atoms with Crippen LogP contribution in [0.5, 0.6) is 0 Å². The quantitative estimate of drug-likeness (QED) is 0.339. The molecule has 0 aliphatic heterocycles. The number of halogens is 7. The summed E-state index contributed by atoms with van der Waals surface area (Å²) in [5, 5.41) is 0. The van der Waals surface area contributed by atoms with Crippen molar-refractivity contribution in [2.24, 2.45) is 5.92 Å². The van der Waals surface area contributed by atoms with Crippen LogP contribution < -0.4 is 0 Å². The second kappa shape index (κ2) is 5.72. The van der Waals surface area contributed by atoms with Gasteiger partial charge in [-0.15, -0.1) is 0 Å². The Labute approximate surface area is 144 Å². The zero-order valence-corrected chi connectivity index (χ0v) is 13.3. The molecule has 0 N–H and O–H groups in total. The van der Waals surface area contributed by atoms with Crippen molar-refractivity contribution in [1.29, 1.82) is 0 Å². The summed E-state index contributed by atoms with van der Waals surface area (Å²) in [6, 6.07) is 4.58. The van der Waals surface area contributed by atoms with Crippen molar-refractivity contribution in [1.82, 2.24) is 0 Å². The van der Waals surface area contributed by atoms with Crippen molar-refractivity contribution in [2.45, 2.75) is 37.3 Å². The lowest BCUT2D eigenvalue weighted by molar-refractivity contribution is -0.137. The van der Waals surface area contributed by atoms with Gasteiger partial charge in [-0.3, -0.25) is 0 Å². The summed E-state index contributed by atoms with van der Waals surface area (Å²) in [7, 11) is 0. The Balaban J connectivity index is 1.66. The summed E-state index contributed by atoms with van der Waals surface area (Å²) in [5.74, 6) is -7.49. The lowest BCUT2D eigenvalue weighted by atomic mass is 9.88. The first-order chi connectivity index (χ1) is 12.2. The Morgan fingerprint density at radius 2 is 1.19 bits per heavy atom. The molecule has 2 aliphatic rings. The second-order valence-electron chi connectivity index (χ2n) is 6.94. The minimum Gasteiger partial charge on any atom is -0.203 e. The third-order valence-corrected chi connectivity index (χ3v) is 5.66. The minimum atomic E-state index is -4.44. The van der Waals surface area contributed by atoms with Crippen LogP contribution in [0.3, 0.4) is 0 Å². The number of hydrogen-bond acceptors (Lipinski definition) is 0. The van der Waals surface area contributed by atoms with Crippen molar-refractivity contribution in [2.75, 3.05) is 0 Å². The molecule has 0 heterocycles. The molecule has 2 aromatic carbocycles. The molecule has 1 saturated carbocycles. The number of alkyl halides is 3. The van der Waals surface area contributed by atoms with Gasteiger partial charge in [-0.1, -0.05) is 12.1 Å². The fraction of sp³-hybridized carbons (Fsp3) is 0.368.